The first-order valence-electron chi connectivity index (χ1n) is 8.05. The van der Waals surface area contributed by atoms with Crippen LogP contribution in [-0.2, 0) is 9.84 Å². The summed E-state index contributed by atoms with van der Waals surface area (Å²) in [6.07, 6.45) is 1.16. The summed E-state index contributed by atoms with van der Waals surface area (Å²) in [5.74, 6) is 0.477. The lowest BCUT2D eigenvalue weighted by Gasteiger charge is -2.14. The highest BCUT2D eigenvalue weighted by atomic mass is 32.2. The van der Waals surface area contributed by atoms with E-state index in [-0.39, 0.29) is 16.8 Å². The maximum atomic E-state index is 12.5. The Morgan fingerprint density at radius 2 is 1.81 bits per heavy atom. The fraction of sp³-hybridized carbons (Fsp3) is 0.211. The van der Waals surface area contributed by atoms with Crippen molar-refractivity contribution >= 4 is 26.6 Å². The van der Waals surface area contributed by atoms with Crippen molar-refractivity contribution in [2.45, 2.75) is 17.9 Å². The molecule has 0 spiro atoms. The lowest BCUT2D eigenvalue weighted by Crippen LogP contribution is -2.26. The molecule has 2 N–H and O–H groups in total. The molecule has 3 aromatic rings. The summed E-state index contributed by atoms with van der Waals surface area (Å²) >= 11 is 0. The monoisotopic (exact) mass is 372 g/mol. The van der Waals surface area contributed by atoms with E-state index in [9.17, 15) is 13.2 Å². The van der Waals surface area contributed by atoms with Crippen LogP contribution in [0.25, 0.3) is 10.9 Å². The van der Waals surface area contributed by atoms with Gasteiger partial charge in [0.25, 0.3) is 5.91 Å². The molecule has 2 aromatic carbocycles. The van der Waals surface area contributed by atoms with Gasteiger partial charge in [-0.1, -0.05) is 12.1 Å². The highest BCUT2D eigenvalue weighted by Gasteiger charge is 2.15. The van der Waals surface area contributed by atoms with Crippen molar-refractivity contribution in [1.29, 1.82) is 0 Å². The maximum absolute atomic E-state index is 12.5. The summed E-state index contributed by atoms with van der Waals surface area (Å²) in [6, 6.07) is 13.6. The van der Waals surface area contributed by atoms with Gasteiger partial charge in [-0.2, -0.15) is 0 Å². The van der Waals surface area contributed by atoms with Crippen LogP contribution in [0.1, 0.15) is 29.0 Å². The Labute approximate surface area is 152 Å². The van der Waals surface area contributed by atoms with Crippen LogP contribution >= 0.6 is 0 Å². The average Bonchev–Trinajstić information content (AvgIpc) is 3.04. The molecular weight excluding hydrogens is 352 g/mol. The minimum atomic E-state index is -3.23. The summed E-state index contributed by atoms with van der Waals surface area (Å²) in [6.45, 7) is 1.85. The Morgan fingerprint density at radius 3 is 2.42 bits per heavy atom. The summed E-state index contributed by atoms with van der Waals surface area (Å²) in [7, 11) is -1.64. The molecule has 0 saturated heterocycles. The first-order valence-corrected chi connectivity index (χ1v) is 9.95. The molecule has 0 aliphatic rings. The first kappa shape index (κ1) is 18.0. The van der Waals surface area contributed by atoms with Gasteiger partial charge in [-0.3, -0.25) is 4.79 Å². The summed E-state index contributed by atoms with van der Waals surface area (Å²) in [5, 5.41) is 3.83. The number of carbonyl (C=O) groups excluding carboxylic acids is 1. The number of ether oxygens (including phenoxy) is 1. The molecule has 7 heteroatoms. The third kappa shape index (κ3) is 3.72. The molecule has 0 fully saturated rings. The number of fused-ring (bicyclic) bond motifs is 1. The van der Waals surface area contributed by atoms with Gasteiger partial charge in [0.05, 0.1) is 18.0 Å². The Kier molecular flexibility index (Phi) is 4.73. The molecule has 1 aromatic heterocycles. The van der Waals surface area contributed by atoms with E-state index in [0.29, 0.717) is 11.4 Å². The number of aromatic amines is 1. The van der Waals surface area contributed by atoms with E-state index in [1.807, 2.05) is 25.1 Å². The van der Waals surface area contributed by atoms with Gasteiger partial charge in [-0.15, -0.1) is 0 Å². The molecule has 26 heavy (non-hydrogen) atoms. The predicted molar refractivity (Wildman–Crippen MR) is 100 cm³/mol. The van der Waals surface area contributed by atoms with E-state index in [2.05, 4.69) is 10.3 Å². The Balaban J connectivity index is 1.76. The zero-order valence-electron chi connectivity index (χ0n) is 14.7. The normalized spacial score (nSPS) is 12.7. The van der Waals surface area contributed by atoms with E-state index < -0.39 is 9.84 Å². The number of carbonyl (C=O) groups is 1. The lowest BCUT2D eigenvalue weighted by molar-refractivity contribution is 0.0935. The van der Waals surface area contributed by atoms with Gasteiger partial charge in [0, 0.05) is 23.2 Å². The topological polar surface area (TPSA) is 88.3 Å². The molecule has 6 nitrogen and oxygen atoms in total. The molecule has 0 aliphatic heterocycles. The van der Waals surface area contributed by atoms with Crippen LogP contribution in [0, 0.1) is 0 Å². The number of nitrogens with one attached hydrogen (secondary N) is 2. The number of aromatic nitrogens is 1. The smallest absolute Gasteiger partial charge is 0.268 e. The fourth-order valence-electron chi connectivity index (χ4n) is 2.72. The Hall–Kier alpha value is -2.80. The molecule has 1 unspecified atom stereocenters. The molecule has 136 valence electrons. The van der Waals surface area contributed by atoms with Crippen LogP contribution in [0.3, 0.4) is 0 Å². The van der Waals surface area contributed by atoms with Crippen LogP contribution in [0.5, 0.6) is 5.75 Å². The summed E-state index contributed by atoms with van der Waals surface area (Å²) in [4.78, 5) is 15.8. The predicted octanol–water partition coefficient (Wildman–Crippen LogP) is 3.07. The van der Waals surface area contributed by atoms with Crippen LogP contribution in [0.15, 0.2) is 53.4 Å². The van der Waals surface area contributed by atoms with Gasteiger partial charge in [0.2, 0.25) is 0 Å². The van der Waals surface area contributed by atoms with Crippen LogP contribution < -0.4 is 10.1 Å². The molecule has 1 atom stereocenters. The number of H-pyrrole nitrogens is 1. The standard InChI is InChI=1S/C19H20N2O4S/c1-12(13-5-8-16(9-6-13)26(3,23)24)20-19(22)18-10-14-4-7-15(25-2)11-17(14)21-18/h4-12,21H,1-3H3,(H,20,22). The fourth-order valence-corrected chi connectivity index (χ4v) is 3.35. The zero-order chi connectivity index (χ0) is 18.9. The van der Waals surface area contributed by atoms with Crippen molar-refractivity contribution < 1.29 is 17.9 Å². The maximum Gasteiger partial charge on any atom is 0.268 e. The molecule has 0 bridgehead atoms. The zero-order valence-corrected chi connectivity index (χ0v) is 15.6. The minimum Gasteiger partial charge on any atom is -0.497 e. The lowest BCUT2D eigenvalue weighted by atomic mass is 10.1. The van der Waals surface area contributed by atoms with Gasteiger partial charge in [-0.25, -0.2) is 8.42 Å². The molecular formula is C19H20N2O4S. The number of methoxy groups -OCH3 is 1. The first-order chi connectivity index (χ1) is 12.3. The number of hydrogen-bond acceptors (Lipinski definition) is 4. The third-order valence-electron chi connectivity index (χ3n) is 4.23. The van der Waals surface area contributed by atoms with E-state index in [1.165, 1.54) is 0 Å². The molecule has 1 amide bonds. The van der Waals surface area contributed by atoms with Gasteiger partial charge in [0.15, 0.2) is 9.84 Å². The quantitative estimate of drug-likeness (QED) is 0.720. The van der Waals surface area contributed by atoms with Crippen LogP contribution in [0.4, 0.5) is 0 Å². The largest absolute Gasteiger partial charge is 0.497 e. The summed E-state index contributed by atoms with van der Waals surface area (Å²) in [5.41, 5.74) is 2.09. The number of benzene rings is 2. The van der Waals surface area contributed by atoms with Gasteiger partial charge in [0.1, 0.15) is 11.4 Å². The number of amides is 1. The van der Waals surface area contributed by atoms with Gasteiger partial charge < -0.3 is 15.0 Å². The molecule has 0 aliphatic carbocycles. The second-order valence-corrected chi connectivity index (χ2v) is 8.19. The second-order valence-electron chi connectivity index (χ2n) is 6.17. The molecule has 1 heterocycles. The third-order valence-corrected chi connectivity index (χ3v) is 5.36. The molecule has 3 rings (SSSR count). The number of sulfone groups is 1. The number of hydrogen-bond donors (Lipinski definition) is 2. The second kappa shape index (κ2) is 6.84. The van der Waals surface area contributed by atoms with Crippen molar-refractivity contribution in [3.63, 3.8) is 0 Å². The van der Waals surface area contributed by atoms with Crippen molar-refractivity contribution in [3.8, 4) is 5.75 Å². The van der Waals surface area contributed by atoms with Crippen LogP contribution in [-0.4, -0.2) is 32.7 Å². The molecule has 0 radical (unpaired) electrons. The van der Waals surface area contributed by atoms with Crippen molar-refractivity contribution in [2.75, 3.05) is 13.4 Å². The van der Waals surface area contributed by atoms with Gasteiger partial charge in [-0.05, 0) is 42.8 Å². The molecule has 0 saturated carbocycles. The highest BCUT2D eigenvalue weighted by molar-refractivity contribution is 7.90. The Bertz CT molecular complexity index is 1050. The van der Waals surface area contributed by atoms with E-state index in [4.69, 9.17) is 4.74 Å². The van der Waals surface area contributed by atoms with Crippen molar-refractivity contribution in [1.82, 2.24) is 10.3 Å². The SMILES string of the molecule is COc1ccc2cc(C(=O)NC(C)c3ccc(S(C)(=O)=O)cc3)[nH]c2c1. The van der Waals surface area contributed by atoms with Crippen molar-refractivity contribution in [3.05, 3.63) is 59.8 Å². The van der Waals surface area contributed by atoms with E-state index in [0.717, 1.165) is 22.7 Å². The highest BCUT2D eigenvalue weighted by Crippen LogP contribution is 2.22. The average molecular weight is 372 g/mol. The van der Waals surface area contributed by atoms with E-state index >= 15 is 0 Å². The van der Waals surface area contributed by atoms with Crippen molar-refractivity contribution in [2.24, 2.45) is 0 Å². The van der Waals surface area contributed by atoms with Gasteiger partial charge >= 0.3 is 0 Å². The van der Waals surface area contributed by atoms with E-state index in [1.54, 1.807) is 37.4 Å². The summed E-state index contributed by atoms with van der Waals surface area (Å²) < 4.78 is 28.2. The number of rotatable bonds is 5. The Morgan fingerprint density at radius 1 is 1.12 bits per heavy atom. The minimum absolute atomic E-state index is 0.236. The van der Waals surface area contributed by atoms with Crippen LogP contribution in [0.2, 0.25) is 0 Å².